The number of para-hydroxylation sites is 1. The monoisotopic (exact) mass is 467 g/mol. The first kappa shape index (κ1) is 22.8. The normalized spacial score (nSPS) is 11.2. The first-order valence-corrected chi connectivity index (χ1v) is 10.3. The van der Waals surface area contributed by atoms with Crippen LogP contribution in [0.4, 0.5) is 30.6 Å². The molecule has 0 saturated heterocycles. The van der Waals surface area contributed by atoms with Crippen molar-refractivity contribution < 1.29 is 22.7 Å². The van der Waals surface area contributed by atoms with Gasteiger partial charge in [0.25, 0.3) is 5.91 Å². The summed E-state index contributed by atoms with van der Waals surface area (Å²) in [6.45, 7) is 0.499. The number of alkyl halides is 3. The Kier molecular flexibility index (Phi) is 6.48. The molecule has 4 aromatic rings. The van der Waals surface area contributed by atoms with Crippen LogP contribution < -0.4 is 20.7 Å². The number of carbonyl (C=O) groups is 1. The van der Waals surface area contributed by atoms with Crippen molar-refractivity contribution in [1.82, 2.24) is 9.97 Å². The van der Waals surface area contributed by atoms with Gasteiger partial charge >= 0.3 is 6.36 Å². The van der Waals surface area contributed by atoms with E-state index in [0.717, 1.165) is 28.6 Å². The van der Waals surface area contributed by atoms with E-state index in [1.165, 1.54) is 12.1 Å². The highest BCUT2D eigenvalue weighted by Crippen LogP contribution is 2.24. The lowest BCUT2D eigenvalue weighted by Crippen LogP contribution is -2.17. The molecule has 1 amide bonds. The van der Waals surface area contributed by atoms with E-state index in [9.17, 15) is 18.0 Å². The number of hydrogen-bond acceptors (Lipinski definition) is 6. The molecule has 1 heterocycles. The van der Waals surface area contributed by atoms with Crippen molar-refractivity contribution in [2.75, 3.05) is 23.0 Å². The average molecular weight is 467 g/mol. The van der Waals surface area contributed by atoms with Gasteiger partial charge in [-0.1, -0.05) is 24.3 Å². The Bertz CT molecular complexity index is 1290. The molecule has 0 bridgehead atoms. The number of nitrogens with zero attached hydrogens (tertiary/aromatic N) is 2. The van der Waals surface area contributed by atoms with Crippen LogP contribution in [0.25, 0.3) is 10.9 Å². The maximum Gasteiger partial charge on any atom is 0.573 e. The van der Waals surface area contributed by atoms with Crippen molar-refractivity contribution in [2.24, 2.45) is 0 Å². The van der Waals surface area contributed by atoms with E-state index >= 15 is 0 Å². The van der Waals surface area contributed by atoms with E-state index in [1.54, 1.807) is 19.2 Å². The summed E-state index contributed by atoms with van der Waals surface area (Å²) in [5, 5.41) is 9.88. The van der Waals surface area contributed by atoms with Gasteiger partial charge in [-0.2, -0.15) is 4.98 Å². The zero-order chi connectivity index (χ0) is 24.1. The van der Waals surface area contributed by atoms with Crippen LogP contribution in [-0.2, 0) is 6.54 Å². The van der Waals surface area contributed by atoms with Crippen LogP contribution in [0.1, 0.15) is 15.9 Å². The molecule has 3 aromatic carbocycles. The molecular formula is C24H20F3N5O2. The predicted molar refractivity (Wildman–Crippen MR) is 124 cm³/mol. The lowest BCUT2D eigenvalue weighted by Gasteiger charge is -2.11. The number of aromatic nitrogens is 2. The quantitative estimate of drug-likeness (QED) is 0.336. The Labute approximate surface area is 193 Å². The maximum absolute atomic E-state index is 12.4. The van der Waals surface area contributed by atoms with Crippen LogP contribution in [0.3, 0.4) is 0 Å². The highest BCUT2D eigenvalue weighted by Gasteiger charge is 2.31. The van der Waals surface area contributed by atoms with Gasteiger partial charge in [0.15, 0.2) is 0 Å². The molecule has 0 saturated carbocycles. The third-order valence-corrected chi connectivity index (χ3v) is 4.85. The number of benzene rings is 3. The van der Waals surface area contributed by atoms with Gasteiger partial charge in [-0.15, -0.1) is 13.2 Å². The molecule has 0 unspecified atom stereocenters. The number of nitrogens with one attached hydrogen (secondary N) is 3. The number of halogens is 3. The Morgan fingerprint density at radius 3 is 2.32 bits per heavy atom. The third kappa shape index (κ3) is 5.71. The van der Waals surface area contributed by atoms with Crippen LogP contribution in [0.5, 0.6) is 5.75 Å². The molecule has 0 fully saturated rings. The van der Waals surface area contributed by atoms with E-state index in [4.69, 9.17) is 0 Å². The van der Waals surface area contributed by atoms with Gasteiger partial charge in [0.05, 0.1) is 5.52 Å². The molecule has 0 aliphatic heterocycles. The molecule has 10 heteroatoms. The lowest BCUT2D eigenvalue weighted by molar-refractivity contribution is -0.274. The molecule has 0 radical (unpaired) electrons. The Morgan fingerprint density at radius 1 is 0.941 bits per heavy atom. The Hall–Kier alpha value is -4.34. The van der Waals surface area contributed by atoms with Gasteiger partial charge < -0.3 is 20.7 Å². The zero-order valence-electron chi connectivity index (χ0n) is 18.0. The summed E-state index contributed by atoms with van der Waals surface area (Å²) in [6.07, 6.45) is -4.78. The van der Waals surface area contributed by atoms with Gasteiger partial charge in [0.1, 0.15) is 11.6 Å². The molecule has 0 spiro atoms. The topological polar surface area (TPSA) is 88.2 Å². The second-order valence-electron chi connectivity index (χ2n) is 7.24. The fraction of sp³-hybridized carbons (Fsp3) is 0.125. The van der Waals surface area contributed by atoms with E-state index in [1.807, 2.05) is 36.4 Å². The van der Waals surface area contributed by atoms with Gasteiger partial charge in [-0.25, -0.2) is 4.98 Å². The largest absolute Gasteiger partial charge is 0.573 e. The summed E-state index contributed by atoms with van der Waals surface area (Å²) in [5.74, 6) is 0.373. The molecule has 34 heavy (non-hydrogen) atoms. The summed E-state index contributed by atoms with van der Waals surface area (Å²) in [4.78, 5) is 21.3. The zero-order valence-corrected chi connectivity index (χ0v) is 18.0. The standard InChI is InChI=1S/C24H20F3N5O2/c1-28-23-31-20-5-3-2-4-19(20)21(32-23)29-14-15-6-10-17(11-7-15)30-22(33)16-8-12-18(13-9-16)34-24(25,26)27/h2-13H,14H2,1H3,(H,30,33)(H2,28,29,31,32). The van der Waals surface area contributed by atoms with Gasteiger partial charge in [0.2, 0.25) is 5.95 Å². The van der Waals surface area contributed by atoms with Crippen LogP contribution in [-0.4, -0.2) is 29.3 Å². The SMILES string of the molecule is CNc1nc(NCc2ccc(NC(=O)c3ccc(OC(F)(F)F)cc3)cc2)c2ccccc2n1. The number of ether oxygens (including phenoxy) is 1. The van der Waals surface area contributed by atoms with Crippen LogP contribution >= 0.6 is 0 Å². The van der Waals surface area contributed by atoms with E-state index in [-0.39, 0.29) is 11.3 Å². The first-order valence-electron chi connectivity index (χ1n) is 10.3. The first-order chi connectivity index (χ1) is 16.3. The number of fused-ring (bicyclic) bond motifs is 1. The summed E-state index contributed by atoms with van der Waals surface area (Å²) < 4.78 is 40.6. The van der Waals surface area contributed by atoms with Crippen LogP contribution in [0.15, 0.2) is 72.8 Å². The van der Waals surface area contributed by atoms with Crippen LogP contribution in [0, 0.1) is 0 Å². The van der Waals surface area contributed by atoms with Crippen molar-refractivity contribution in [3.05, 3.63) is 83.9 Å². The fourth-order valence-corrected chi connectivity index (χ4v) is 3.23. The van der Waals surface area contributed by atoms with Gasteiger partial charge in [-0.05, 0) is 54.1 Å². The van der Waals surface area contributed by atoms with Crippen molar-refractivity contribution >= 4 is 34.3 Å². The Balaban J connectivity index is 1.38. The molecule has 0 atom stereocenters. The number of anilines is 3. The van der Waals surface area contributed by atoms with Crippen molar-refractivity contribution in [3.63, 3.8) is 0 Å². The number of amides is 1. The lowest BCUT2D eigenvalue weighted by atomic mass is 10.1. The number of rotatable bonds is 7. The molecular weight excluding hydrogens is 447 g/mol. The van der Waals surface area contributed by atoms with Crippen molar-refractivity contribution in [1.29, 1.82) is 0 Å². The van der Waals surface area contributed by atoms with E-state index in [0.29, 0.717) is 24.0 Å². The third-order valence-electron chi connectivity index (χ3n) is 4.85. The molecule has 174 valence electrons. The van der Waals surface area contributed by atoms with Crippen LogP contribution in [0.2, 0.25) is 0 Å². The minimum absolute atomic E-state index is 0.205. The molecule has 3 N–H and O–H groups in total. The average Bonchev–Trinajstić information content (AvgIpc) is 2.82. The molecule has 1 aromatic heterocycles. The second-order valence-corrected chi connectivity index (χ2v) is 7.24. The smallest absolute Gasteiger partial charge is 0.406 e. The van der Waals surface area contributed by atoms with Crippen molar-refractivity contribution in [2.45, 2.75) is 12.9 Å². The van der Waals surface area contributed by atoms with Gasteiger partial charge in [-0.3, -0.25) is 4.79 Å². The summed E-state index contributed by atoms with van der Waals surface area (Å²) in [5.41, 5.74) is 2.53. The maximum atomic E-state index is 12.4. The number of hydrogen-bond donors (Lipinski definition) is 3. The fourth-order valence-electron chi connectivity index (χ4n) is 3.23. The Morgan fingerprint density at radius 2 is 1.65 bits per heavy atom. The van der Waals surface area contributed by atoms with Gasteiger partial charge in [0, 0.05) is 30.2 Å². The second kappa shape index (κ2) is 9.65. The summed E-state index contributed by atoms with van der Waals surface area (Å²) >= 11 is 0. The molecule has 7 nitrogen and oxygen atoms in total. The highest BCUT2D eigenvalue weighted by atomic mass is 19.4. The van der Waals surface area contributed by atoms with E-state index < -0.39 is 12.3 Å². The minimum Gasteiger partial charge on any atom is -0.406 e. The van der Waals surface area contributed by atoms with E-state index in [2.05, 4.69) is 30.7 Å². The number of carbonyl (C=O) groups excluding carboxylic acids is 1. The highest BCUT2D eigenvalue weighted by molar-refractivity contribution is 6.04. The molecule has 0 aliphatic rings. The molecule has 0 aliphatic carbocycles. The summed E-state index contributed by atoms with van der Waals surface area (Å²) in [7, 11) is 1.76. The predicted octanol–water partition coefficient (Wildman–Crippen LogP) is 5.43. The van der Waals surface area contributed by atoms with Crippen molar-refractivity contribution in [3.8, 4) is 5.75 Å². The molecule has 4 rings (SSSR count). The minimum atomic E-state index is -4.78. The summed E-state index contributed by atoms with van der Waals surface area (Å²) in [6, 6.07) is 19.6.